The van der Waals surface area contributed by atoms with Gasteiger partial charge in [-0.15, -0.1) is 0 Å². The van der Waals surface area contributed by atoms with Crippen molar-refractivity contribution in [2.24, 2.45) is 5.92 Å². The van der Waals surface area contributed by atoms with Crippen molar-refractivity contribution >= 4 is 11.6 Å². The number of nitriles is 1. The van der Waals surface area contributed by atoms with Crippen molar-refractivity contribution in [1.82, 2.24) is 10.2 Å². The second-order valence-corrected chi connectivity index (χ2v) is 8.85. The fraction of sp³-hybridized carbons (Fsp3) is 0.667. The summed E-state index contributed by atoms with van der Waals surface area (Å²) in [4.78, 5) is 16.8. The van der Waals surface area contributed by atoms with E-state index < -0.39 is 0 Å². The predicted molar refractivity (Wildman–Crippen MR) is 118 cm³/mol. The molecule has 6 heteroatoms. The van der Waals surface area contributed by atoms with Crippen molar-refractivity contribution in [1.29, 1.82) is 5.26 Å². The van der Waals surface area contributed by atoms with Crippen LogP contribution in [0.5, 0.6) is 0 Å². The Morgan fingerprint density at radius 3 is 2.60 bits per heavy atom. The molecule has 2 aliphatic rings. The molecule has 1 aliphatic heterocycles. The molecule has 0 bridgehead atoms. The quantitative estimate of drug-likeness (QED) is 0.653. The van der Waals surface area contributed by atoms with Gasteiger partial charge < -0.3 is 10.2 Å². The van der Waals surface area contributed by atoms with E-state index in [1.54, 1.807) is 6.07 Å². The Kier molecular flexibility index (Phi) is 8.50. The van der Waals surface area contributed by atoms with E-state index in [2.05, 4.69) is 21.2 Å². The molecule has 0 spiro atoms. The number of hydrogen-bond donors (Lipinski definition) is 1. The van der Waals surface area contributed by atoms with E-state index in [1.807, 2.05) is 19.1 Å². The number of carbonyl (C=O) groups is 1. The normalized spacial score (nSPS) is 22.5. The number of halogens is 1. The number of amides is 1. The number of piperazine rings is 1. The molecular formula is C24H35FN4O. The third-order valence-corrected chi connectivity index (χ3v) is 6.64. The van der Waals surface area contributed by atoms with Crippen LogP contribution in [0.2, 0.25) is 0 Å². The van der Waals surface area contributed by atoms with Crippen LogP contribution in [0, 0.1) is 30.0 Å². The first-order valence-corrected chi connectivity index (χ1v) is 11.4. The maximum absolute atomic E-state index is 13.5. The highest BCUT2D eigenvalue weighted by atomic mass is 19.1. The third kappa shape index (κ3) is 6.70. The molecule has 164 valence electrons. The first-order chi connectivity index (χ1) is 14.5. The number of rotatable bonds is 8. The summed E-state index contributed by atoms with van der Waals surface area (Å²) in [6.45, 7) is 7.08. The van der Waals surface area contributed by atoms with Gasteiger partial charge in [0, 0.05) is 50.7 Å². The molecule has 0 atom stereocenters. The van der Waals surface area contributed by atoms with Crippen LogP contribution in [-0.2, 0) is 4.79 Å². The molecule has 1 aromatic carbocycles. The Hall–Kier alpha value is -2.13. The zero-order valence-electron chi connectivity index (χ0n) is 18.2. The molecular weight excluding hydrogens is 379 g/mol. The largest absolute Gasteiger partial charge is 0.369 e. The molecule has 1 saturated carbocycles. The molecule has 3 rings (SSSR count). The topological polar surface area (TPSA) is 59.4 Å². The number of hydrogen-bond acceptors (Lipinski definition) is 4. The van der Waals surface area contributed by atoms with Crippen LogP contribution in [-0.4, -0.2) is 49.6 Å². The van der Waals surface area contributed by atoms with Gasteiger partial charge in [0.15, 0.2) is 0 Å². The highest BCUT2D eigenvalue weighted by Gasteiger charge is 2.24. The number of nitrogens with one attached hydrogen (secondary N) is 1. The lowest BCUT2D eigenvalue weighted by atomic mass is 9.84. The number of aryl methyl sites for hydroxylation is 1. The predicted octanol–water partition coefficient (Wildman–Crippen LogP) is 4.02. The van der Waals surface area contributed by atoms with Crippen molar-refractivity contribution in [2.45, 2.75) is 64.3 Å². The second-order valence-electron chi connectivity index (χ2n) is 8.85. The molecule has 5 nitrogen and oxygen atoms in total. The Labute approximate surface area is 180 Å². The molecule has 1 amide bonds. The molecule has 1 N–H and O–H groups in total. The minimum atomic E-state index is -0.134. The maximum Gasteiger partial charge on any atom is 0.220 e. The van der Waals surface area contributed by atoms with E-state index in [0.29, 0.717) is 30.9 Å². The van der Waals surface area contributed by atoms with E-state index in [-0.39, 0.29) is 11.7 Å². The highest BCUT2D eigenvalue weighted by Crippen LogP contribution is 2.27. The van der Waals surface area contributed by atoms with Crippen molar-refractivity contribution in [2.75, 3.05) is 37.6 Å². The highest BCUT2D eigenvalue weighted by molar-refractivity contribution is 5.76. The van der Waals surface area contributed by atoms with Crippen LogP contribution in [0.15, 0.2) is 18.2 Å². The van der Waals surface area contributed by atoms with Gasteiger partial charge in [-0.2, -0.15) is 5.26 Å². The first kappa shape index (κ1) is 22.6. The monoisotopic (exact) mass is 414 g/mol. The van der Waals surface area contributed by atoms with Gasteiger partial charge in [-0.05, 0) is 81.7 Å². The summed E-state index contributed by atoms with van der Waals surface area (Å²) in [5, 5.41) is 11.7. The average Bonchev–Trinajstić information content (AvgIpc) is 2.76. The number of benzene rings is 1. The van der Waals surface area contributed by atoms with Crippen molar-refractivity contribution in [3.8, 4) is 6.07 Å². The SMILES string of the molecule is Cc1cc(N2CCN(CC[C@H]3CC[C@@H](NC(=O)CCCC#N)CC3)CC2)ccc1F. The smallest absolute Gasteiger partial charge is 0.220 e. The van der Waals surface area contributed by atoms with Crippen molar-refractivity contribution in [3.05, 3.63) is 29.6 Å². The molecule has 1 saturated heterocycles. The van der Waals surface area contributed by atoms with Crippen LogP contribution in [0.25, 0.3) is 0 Å². The molecule has 0 radical (unpaired) electrons. The van der Waals surface area contributed by atoms with E-state index in [4.69, 9.17) is 5.26 Å². The van der Waals surface area contributed by atoms with Gasteiger partial charge in [-0.1, -0.05) is 0 Å². The summed E-state index contributed by atoms with van der Waals surface area (Å²) < 4.78 is 13.5. The summed E-state index contributed by atoms with van der Waals surface area (Å²) in [6, 6.07) is 7.82. The van der Waals surface area contributed by atoms with Crippen LogP contribution in [0.4, 0.5) is 10.1 Å². The van der Waals surface area contributed by atoms with Crippen LogP contribution in [0.3, 0.4) is 0 Å². The third-order valence-electron chi connectivity index (χ3n) is 6.64. The van der Waals surface area contributed by atoms with Gasteiger partial charge in [-0.25, -0.2) is 4.39 Å². The Morgan fingerprint density at radius 2 is 1.93 bits per heavy atom. The average molecular weight is 415 g/mol. The Balaban J connectivity index is 1.30. The second kappa shape index (κ2) is 11.3. The summed E-state index contributed by atoms with van der Waals surface area (Å²) in [7, 11) is 0. The number of carbonyl (C=O) groups excluding carboxylic acids is 1. The summed E-state index contributed by atoms with van der Waals surface area (Å²) in [5.74, 6) is 0.725. The van der Waals surface area contributed by atoms with Crippen LogP contribution < -0.4 is 10.2 Å². The molecule has 1 aliphatic carbocycles. The molecule has 1 aromatic rings. The molecule has 2 fully saturated rings. The summed E-state index contributed by atoms with van der Waals surface area (Å²) >= 11 is 0. The maximum atomic E-state index is 13.5. The lowest BCUT2D eigenvalue weighted by molar-refractivity contribution is -0.122. The minimum Gasteiger partial charge on any atom is -0.369 e. The van der Waals surface area contributed by atoms with E-state index >= 15 is 0 Å². The van der Waals surface area contributed by atoms with Gasteiger partial charge in [0.25, 0.3) is 0 Å². The number of nitrogens with zero attached hydrogens (tertiary/aromatic N) is 3. The molecule has 0 aromatic heterocycles. The van der Waals surface area contributed by atoms with E-state index in [0.717, 1.165) is 57.2 Å². The van der Waals surface area contributed by atoms with E-state index in [9.17, 15) is 9.18 Å². The molecule has 1 heterocycles. The van der Waals surface area contributed by atoms with E-state index in [1.165, 1.54) is 19.3 Å². The summed E-state index contributed by atoms with van der Waals surface area (Å²) in [6.07, 6.45) is 7.35. The summed E-state index contributed by atoms with van der Waals surface area (Å²) in [5.41, 5.74) is 1.84. The van der Waals surface area contributed by atoms with Gasteiger partial charge >= 0.3 is 0 Å². The number of anilines is 1. The first-order valence-electron chi connectivity index (χ1n) is 11.4. The molecule has 30 heavy (non-hydrogen) atoms. The van der Waals surface area contributed by atoms with Gasteiger partial charge in [-0.3, -0.25) is 9.69 Å². The lowest BCUT2D eigenvalue weighted by Gasteiger charge is -2.37. The van der Waals surface area contributed by atoms with Crippen molar-refractivity contribution < 1.29 is 9.18 Å². The van der Waals surface area contributed by atoms with Crippen LogP contribution in [0.1, 0.15) is 56.9 Å². The Morgan fingerprint density at radius 1 is 1.20 bits per heavy atom. The minimum absolute atomic E-state index is 0.0999. The van der Waals surface area contributed by atoms with Crippen LogP contribution >= 0.6 is 0 Å². The van der Waals surface area contributed by atoms with Gasteiger partial charge in [0.1, 0.15) is 5.82 Å². The fourth-order valence-corrected chi connectivity index (χ4v) is 4.64. The molecule has 0 unspecified atom stereocenters. The Bertz CT molecular complexity index is 731. The zero-order valence-corrected chi connectivity index (χ0v) is 18.2. The standard InChI is InChI=1S/C24H35FN4O/c1-19-18-22(9-10-23(19)25)29-16-14-28(15-17-29)13-11-20-5-7-21(8-6-20)27-24(30)4-2-3-12-26/h9-10,18,20-21H,2-8,11,13-17H2,1H3,(H,27,30)/t20-,21+. The fourth-order valence-electron chi connectivity index (χ4n) is 4.64. The van der Waals surface area contributed by atoms with Crippen molar-refractivity contribution in [3.63, 3.8) is 0 Å². The lowest BCUT2D eigenvalue weighted by Crippen LogP contribution is -2.47. The zero-order chi connectivity index (χ0) is 21.3. The van der Waals surface area contributed by atoms with Gasteiger partial charge in [0.05, 0.1) is 6.07 Å². The number of unbranched alkanes of at least 4 members (excludes halogenated alkanes) is 1. The van der Waals surface area contributed by atoms with Gasteiger partial charge in [0.2, 0.25) is 5.91 Å².